The summed E-state index contributed by atoms with van der Waals surface area (Å²) < 4.78 is 1.70. The van der Waals surface area contributed by atoms with Crippen molar-refractivity contribution >= 4 is 11.2 Å². The molecule has 3 aromatic heterocycles. The van der Waals surface area contributed by atoms with E-state index in [0.29, 0.717) is 12.2 Å². The van der Waals surface area contributed by atoms with Crippen molar-refractivity contribution < 1.29 is 0 Å². The van der Waals surface area contributed by atoms with Gasteiger partial charge in [-0.15, -0.1) is 0 Å². The van der Waals surface area contributed by atoms with E-state index in [2.05, 4.69) is 21.0 Å². The van der Waals surface area contributed by atoms with Gasteiger partial charge in [0.2, 0.25) is 0 Å². The molecular formula is C19H14N4O. The highest BCUT2D eigenvalue weighted by molar-refractivity contribution is 5.69. The van der Waals surface area contributed by atoms with Gasteiger partial charge >= 0.3 is 0 Å². The zero-order chi connectivity index (χ0) is 16.4. The molecular weight excluding hydrogens is 300 g/mol. The van der Waals surface area contributed by atoms with Gasteiger partial charge in [-0.25, -0.2) is 9.97 Å². The van der Waals surface area contributed by atoms with Crippen molar-refractivity contribution in [3.05, 3.63) is 89.2 Å². The minimum absolute atomic E-state index is 0.134. The molecule has 0 aliphatic heterocycles. The molecule has 24 heavy (non-hydrogen) atoms. The number of benzene rings is 1. The molecule has 0 fully saturated rings. The predicted octanol–water partition coefficient (Wildman–Crippen LogP) is 2.90. The van der Waals surface area contributed by atoms with Crippen LogP contribution in [0.2, 0.25) is 0 Å². The summed E-state index contributed by atoms with van der Waals surface area (Å²) in [5.74, 6) is 0. The van der Waals surface area contributed by atoms with E-state index in [9.17, 15) is 4.79 Å². The minimum Gasteiger partial charge on any atom is -0.300 e. The molecule has 4 aromatic rings. The van der Waals surface area contributed by atoms with Crippen LogP contribution >= 0.6 is 0 Å². The van der Waals surface area contributed by atoms with Crippen molar-refractivity contribution in [3.63, 3.8) is 0 Å². The lowest BCUT2D eigenvalue weighted by Gasteiger charge is -2.10. The second-order valence-corrected chi connectivity index (χ2v) is 5.46. The molecule has 0 radical (unpaired) electrons. The van der Waals surface area contributed by atoms with E-state index in [1.165, 1.54) is 6.20 Å². The number of aromatic nitrogens is 4. The third-order valence-electron chi connectivity index (χ3n) is 3.90. The number of fused-ring (bicyclic) bond motifs is 1. The quantitative estimate of drug-likeness (QED) is 0.583. The maximum absolute atomic E-state index is 12.3. The summed E-state index contributed by atoms with van der Waals surface area (Å²) in [7, 11) is 0. The van der Waals surface area contributed by atoms with Crippen LogP contribution in [0.5, 0.6) is 0 Å². The molecule has 0 unspecified atom stereocenters. The van der Waals surface area contributed by atoms with Gasteiger partial charge in [0, 0.05) is 18.6 Å². The van der Waals surface area contributed by atoms with Crippen LogP contribution in [0.25, 0.3) is 22.3 Å². The predicted molar refractivity (Wildman–Crippen MR) is 92.6 cm³/mol. The number of hydrogen-bond donors (Lipinski definition) is 0. The van der Waals surface area contributed by atoms with Gasteiger partial charge in [0.1, 0.15) is 0 Å². The van der Waals surface area contributed by atoms with E-state index in [1.807, 2.05) is 42.5 Å². The second kappa shape index (κ2) is 6.04. The molecule has 4 rings (SSSR count). The third kappa shape index (κ3) is 2.67. The first-order valence-corrected chi connectivity index (χ1v) is 7.61. The molecule has 0 aliphatic rings. The van der Waals surface area contributed by atoms with Gasteiger partial charge in [-0.05, 0) is 47.0 Å². The van der Waals surface area contributed by atoms with Crippen LogP contribution < -0.4 is 5.56 Å². The van der Waals surface area contributed by atoms with E-state index in [0.717, 1.165) is 22.2 Å². The highest BCUT2D eigenvalue weighted by Gasteiger charge is 2.06. The Balaban J connectivity index is 1.77. The molecule has 0 bridgehead atoms. The first-order chi connectivity index (χ1) is 11.8. The van der Waals surface area contributed by atoms with Crippen LogP contribution in [0.3, 0.4) is 0 Å². The fourth-order valence-corrected chi connectivity index (χ4v) is 2.74. The summed E-state index contributed by atoms with van der Waals surface area (Å²) in [6.07, 6.45) is 6.54. The number of pyridine rings is 2. The largest absolute Gasteiger partial charge is 0.300 e. The van der Waals surface area contributed by atoms with Crippen molar-refractivity contribution in [2.75, 3.05) is 0 Å². The Morgan fingerprint density at radius 2 is 1.75 bits per heavy atom. The molecule has 0 aliphatic carbocycles. The lowest BCUT2D eigenvalue weighted by molar-refractivity contribution is 0.784. The average Bonchev–Trinajstić information content (AvgIpc) is 2.65. The van der Waals surface area contributed by atoms with Gasteiger partial charge in [-0.3, -0.25) is 14.3 Å². The van der Waals surface area contributed by atoms with Crippen molar-refractivity contribution in [1.29, 1.82) is 0 Å². The van der Waals surface area contributed by atoms with Gasteiger partial charge in [-0.1, -0.05) is 18.2 Å². The fourth-order valence-electron chi connectivity index (χ4n) is 2.74. The third-order valence-corrected chi connectivity index (χ3v) is 3.90. The van der Waals surface area contributed by atoms with E-state index >= 15 is 0 Å². The zero-order valence-electron chi connectivity index (χ0n) is 12.8. The molecule has 0 saturated heterocycles. The normalized spacial score (nSPS) is 10.8. The molecule has 5 nitrogen and oxygen atoms in total. The van der Waals surface area contributed by atoms with Gasteiger partial charge in [-0.2, -0.15) is 0 Å². The van der Waals surface area contributed by atoms with E-state index in [4.69, 9.17) is 0 Å². The highest BCUT2D eigenvalue weighted by Crippen LogP contribution is 2.20. The summed E-state index contributed by atoms with van der Waals surface area (Å²) in [6, 6.07) is 15.8. The average molecular weight is 314 g/mol. The zero-order valence-corrected chi connectivity index (χ0v) is 12.8. The highest BCUT2D eigenvalue weighted by atomic mass is 16.1. The molecule has 5 heteroatoms. The summed E-state index contributed by atoms with van der Waals surface area (Å²) in [6.45, 7) is 0.475. The van der Waals surface area contributed by atoms with Crippen molar-refractivity contribution in [3.8, 4) is 11.1 Å². The van der Waals surface area contributed by atoms with Crippen LogP contribution in [0, 0.1) is 0 Å². The second-order valence-electron chi connectivity index (χ2n) is 5.46. The van der Waals surface area contributed by atoms with Crippen molar-refractivity contribution in [1.82, 2.24) is 19.5 Å². The van der Waals surface area contributed by atoms with Crippen LogP contribution in [-0.4, -0.2) is 19.5 Å². The monoisotopic (exact) mass is 314 g/mol. The first-order valence-electron chi connectivity index (χ1n) is 7.61. The van der Waals surface area contributed by atoms with E-state index in [-0.39, 0.29) is 5.56 Å². The Morgan fingerprint density at radius 3 is 2.62 bits per heavy atom. The fraction of sp³-hybridized carbons (Fsp3) is 0.0526. The Bertz CT molecular complexity index is 1060. The number of hydrogen-bond acceptors (Lipinski definition) is 4. The van der Waals surface area contributed by atoms with Crippen LogP contribution in [0.15, 0.2) is 78.1 Å². The van der Waals surface area contributed by atoms with Crippen LogP contribution in [-0.2, 0) is 6.54 Å². The Morgan fingerprint density at radius 1 is 0.875 bits per heavy atom. The number of nitrogens with zero attached hydrogens (tertiary/aromatic N) is 4. The lowest BCUT2D eigenvalue weighted by Crippen LogP contribution is -2.21. The topological polar surface area (TPSA) is 60.7 Å². The molecule has 1 aromatic carbocycles. The minimum atomic E-state index is -0.134. The molecule has 3 heterocycles. The van der Waals surface area contributed by atoms with Crippen LogP contribution in [0.4, 0.5) is 0 Å². The summed E-state index contributed by atoms with van der Waals surface area (Å²) in [5, 5.41) is 0. The summed E-state index contributed by atoms with van der Waals surface area (Å²) in [4.78, 5) is 24.6. The first kappa shape index (κ1) is 14.3. The van der Waals surface area contributed by atoms with E-state index in [1.54, 1.807) is 23.2 Å². The molecule has 0 saturated carbocycles. The molecule has 0 atom stereocenters. The standard InChI is InChI=1S/C19H14N4O/c24-18-12-22-19-17(5-2-8-21-19)23(18)13-14-3-1-4-16(11-14)15-6-9-20-10-7-15/h1-12H,13H2. The maximum Gasteiger partial charge on any atom is 0.269 e. The van der Waals surface area contributed by atoms with Crippen LogP contribution in [0.1, 0.15) is 5.56 Å². The summed E-state index contributed by atoms with van der Waals surface area (Å²) >= 11 is 0. The van der Waals surface area contributed by atoms with Gasteiger partial charge in [0.05, 0.1) is 18.3 Å². The van der Waals surface area contributed by atoms with Gasteiger partial charge in [0.25, 0.3) is 5.56 Å². The Hall–Kier alpha value is -3.34. The SMILES string of the molecule is O=c1cnc2ncccc2n1Cc1cccc(-c2ccncc2)c1. The Kier molecular flexibility index (Phi) is 3.59. The smallest absolute Gasteiger partial charge is 0.269 e. The van der Waals surface area contributed by atoms with Crippen molar-refractivity contribution in [2.45, 2.75) is 6.54 Å². The van der Waals surface area contributed by atoms with Gasteiger partial charge < -0.3 is 0 Å². The van der Waals surface area contributed by atoms with Crippen molar-refractivity contribution in [2.24, 2.45) is 0 Å². The molecule has 0 N–H and O–H groups in total. The molecule has 116 valence electrons. The maximum atomic E-state index is 12.3. The number of rotatable bonds is 3. The van der Waals surface area contributed by atoms with Gasteiger partial charge in [0.15, 0.2) is 5.65 Å². The Labute approximate surface area is 138 Å². The van der Waals surface area contributed by atoms with E-state index < -0.39 is 0 Å². The molecule has 0 spiro atoms. The lowest BCUT2D eigenvalue weighted by atomic mass is 10.0. The summed E-state index contributed by atoms with van der Waals surface area (Å²) in [5.41, 5.74) is 4.41. The molecule has 0 amide bonds.